The summed E-state index contributed by atoms with van der Waals surface area (Å²) in [6, 6.07) is 3.73. The molecule has 136 valence electrons. The third kappa shape index (κ3) is 5.60. The summed E-state index contributed by atoms with van der Waals surface area (Å²) in [5.74, 6) is -0.936. The fourth-order valence-electron chi connectivity index (χ4n) is 1.96. The molecule has 0 aliphatic carbocycles. The van der Waals surface area contributed by atoms with Crippen molar-refractivity contribution in [2.24, 2.45) is 0 Å². The molecule has 1 heterocycles. The summed E-state index contributed by atoms with van der Waals surface area (Å²) in [5.41, 5.74) is 0.434. The van der Waals surface area contributed by atoms with E-state index in [0.29, 0.717) is 10.2 Å². The first-order valence-electron chi connectivity index (χ1n) is 7.02. The van der Waals surface area contributed by atoms with E-state index in [1.165, 1.54) is 40.9 Å². The van der Waals surface area contributed by atoms with Crippen molar-refractivity contribution >= 4 is 55.4 Å². The number of alkyl halides is 3. The van der Waals surface area contributed by atoms with Gasteiger partial charge in [0.25, 0.3) is 0 Å². The van der Waals surface area contributed by atoms with E-state index in [0.717, 1.165) is 17.4 Å². The van der Waals surface area contributed by atoms with E-state index >= 15 is 0 Å². The van der Waals surface area contributed by atoms with E-state index in [-0.39, 0.29) is 28.0 Å². The van der Waals surface area contributed by atoms with Gasteiger partial charge in [-0.25, -0.2) is 0 Å². The van der Waals surface area contributed by atoms with E-state index in [2.05, 4.69) is 15.0 Å². The van der Waals surface area contributed by atoms with Crippen molar-refractivity contribution in [3.8, 4) is 5.75 Å². The van der Waals surface area contributed by atoms with Gasteiger partial charge in [0, 0.05) is 0 Å². The molecule has 0 bridgehead atoms. The Hall–Kier alpha value is -1.80. The third-order valence-electron chi connectivity index (χ3n) is 2.99. The number of fused-ring (bicyclic) bond motifs is 1. The molecule has 11 heteroatoms. The number of carbonyl (C=O) groups excluding carboxylic acids is 2. The summed E-state index contributed by atoms with van der Waals surface area (Å²) < 4.78 is 40.8. The number of rotatable bonds is 5. The van der Waals surface area contributed by atoms with Gasteiger partial charge < -0.3 is 0 Å². The van der Waals surface area contributed by atoms with Gasteiger partial charge in [0.15, 0.2) is 0 Å². The summed E-state index contributed by atoms with van der Waals surface area (Å²) in [6.45, 7) is 1.62. The van der Waals surface area contributed by atoms with Gasteiger partial charge >= 0.3 is 140 Å². The number of hydrogen-bond acceptors (Lipinski definition) is 5. The van der Waals surface area contributed by atoms with E-state index in [1.807, 2.05) is 0 Å². The number of likely N-dealkylation sites (N-methyl/N-ethyl adjacent to an activating group) is 1. The molecule has 2 amide bonds. The second kappa shape index (κ2) is 7.61. The molecule has 2 aromatic rings. The number of nitrogens with one attached hydrogen (secondary N) is 1. The number of ether oxygens (including phenoxy) is 1. The van der Waals surface area contributed by atoms with Crippen molar-refractivity contribution in [1.29, 1.82) is 0 Å². The molecular weight excluding hydrogens is 422 g/mol. The summed E-state index contributed by atoms with van der Waals surface area (Å²) in [4.78, 5) is 29.2. The Balaban J connectivity index is 2.06. The van der Waals surface area contributed by atoms with Crippen LogP contribution in [-0.2, 0) is 9.59 Å². The van der Waals surface area contributed by atoms with Crippen LogP contribution in [0.5, 0.6) is 5.75 Å². The number of halogens is 3. The maximum absolute atomic E-state index is 12.2. The number of amides is 2. The molecule has 0 fully saturated rings. The molecule has 2 atom stereocenters. The minimum absolute atomic E-state index is 0.133. The molecular formula is C14H15AsF3N3O3S. The third-order valence-corrected chi connectivity index (χ3v) is 4.52. The Morgan fingerprint density at radius 3 is 2.72 bits per heavy atom. The normalized spacial score (nSPS) is 12.7. The van der Waals surface area contributed by atoms with Crippen LogP contribution in [0.25, 0.3) is 10.2 Å². The van der Waals surface area contributed by atoms with Crippen LogP contribution < -0.4 is 10.1 Å². The minimum atomic E-state index is -4.77. The molecule has 1 unspecified atom stereocenters. The summed E-state index contributed by atoms with van der Waals surface area (Å²) in [7, 11) is 1.52. The Bertz CT molecular complexity index is 794. The van der Waals surface area contributed by atoms with Crippen LogP contribution in [0.3, 0.4) is 0 Å². The van der Waals surface area contributed by atoms with Gasteiger partial charge in [-0.1, -0.05) is 0 Å². The predicted molar refractivity (Wildman–Crippen MR) is 90.5 cm³/mol. The standard InChI is InChI=1S/C14H15AsF3N3O3S/c1-7(15)12(23)21(2)6-11(22)20-13-19-9-4-3-8(5-10(9)25-13)24-14(16,17)18/h3-5,7H,6,15H2,1-2H3,(H,19,20,22)/t7-/m1/s1. The molecule has 0 aliphatic heterocycles. The van der Waals surface area contributed by atoms with Crippen LogP contribution in [0.2, 0.25) is 4.71 Å². The molecule has 0 aliphatic rings. The number of anilines is 1. The van der Waals surface area contributed by atoms with Crippen LogP contribution >= 0.6 is 11.3 Å². The van der Waals surface area contributed by atoms with Gasteiger partial charge in [0.2, 0.25) is 0 Å². The van der Waals surface area contributed by atoms with Crippen LogP contribution in [-0.4, -0.2) is 58.5 Å². The number of carbonyl (C=O) groups is 2. The molecule has 0 radical (unpaired) electrons. The molecule has 1 aromatic heterocycles. The number of thiazole rings is 1. The fraction of sp³-hybridized carbons (Fsp3) is 0.357. The monoisotopic (exact) mass is 437 g/mol. The predicted octanol–water partition coefficient (Wildman–Crippen LogP) is 2.03. The van der Waals surface area contributed by atoms with Crippen molar-refractivity contribution in [2.45, 2.75) is 18.0 Å². The van der Waals surface area contributed by atoms with Crippen molar-refractivity contribution in [1.82, 2.24) is 9.88 Å². The van der Waals surface area contributed by atoms with Crippen molar-refractivity contribution in [2.75, 3.05) is 18.9 Å². The van der Waals surface area contributed by atoms with Gasteiger partial charge in [0.05, 0.1) is 0 Å². The van der Waals surface area contributed by atoms with E-state index < -0.39 is 12.3 Å². The number of benzene rings is 1. The molecule has 0 saturated carbocycles. The van der Waals surface area contributed by atoms with Gasteiger partial charge in [-0.3, -0.25) is 0 Å². The zero-order valence-electron chi connectivity index (χ0n) is 13.3. The van der Waals surface area contributed by atoms with Gasteiger partial charge in [-0.05, 0) is 0 Å². The zero-order valence-corrected chi connectivity index (χ0v) is 16.5. The molecule has 1 aromatic carbocycles. The molecule has 0 saturated heterocycles. The molecule has 6 nitrogen and oxygen atoms in total. The Morgan fingerprint density at radius 1 is 1.44 bits per heavy atom. The zero-order chi connectivity index (χ0) is 18.8. The quantitative estimate of drug-likeness (QED) is 0.727. The second-order valence-electron chi connectivity index (χ2n) is 5.23. The number of nitrogens with zero attached hydrogens (tertiary/aromatic N) is 2. The summed E-state index contributed by atoms with van der Waals surface area (Å²) in [5, 5.41) is 2.78. The summed E-state index contributed by atoms with van der Waals surface area (Å²) in [6.07, 6.45) is -4.77. The molecule has 2 rings (SSSR count). The van der Waals surface area contributed by atoms with Gasteiger partial charge in [-0.2, -0.15) is 0 Å². The van der Waals surface area contributed by atoms with E-state index in [9.17, 15) is 22.8 Å². The van der Waals surface area contributed by atoms with Crippen molar-refractivity contribution in [3.63, 3.8) is 0 Å². The molecule has 0 spiro atoms. The summed E-state index contributed by atoms with van der Waals surface area (Å²) >= 11 is 2.28. The van der Waals surface area contributed by atoms with Crippen LogP contribution in [0.4, 0.5) is 18.3 Å². The maximum atomic E-state index is 12.2. The SMILES string of the molecule is C[C@@H]([AsH2])C(=O)N(C)CC(=O)Nc1nc2ccc(OC(F)(F)F)cc2s1. The van der Waals surface area contributed by atoms with Crippen molar-refractivity contribution in [3.05, 3.63) is 18.2 Å². The number of hydrogen-bond donors (Lipinski definition) is 1. The van der Waals surface area contributed by atoms with Crippen LogP contribution in [0, 0.1) is 0 Å². The first-order valence-corrected chi connectivity index (χ1v) is 9.23. The second-order valence-corrected chi connectivity index (χ2v) is 8.36. The Kier molecular flexibility index (Phi) is 5.94. The average molecular weight is 437 g/mol. The Morgan fingerprint density at radius 2 is 2.12 bits per heavy atom. The Labute approximate surface area is 153 Å². The van der Waals surface area contributed by atoms with Crippen molar-refractivity contribution < 1.29 is 27.5 Å². The topological polar surface area (TPSA) is 71.5 Å². The van der Waals surface area contributed by atoms with Crippen LogP contribution in [0.15, 0.2) is 18.2 Å². The first-order chi connectivity index (χ1) is 11.5. The molecule has 1 N–H and O–H groups in total. The average Bonchev–Trinajstić information content (AvgIpc) is 2.85. The van der Waals surface area contributed by atoms with Crippen LogP contribution in [0.1, 0.15) is 6.92 Å². The van der Waals surface area contributed by atoms with Gasteiger partial charge in [-0.15, -0.1) is 13.2 Å². The molecule has 25 heavy (non-hydrogen) atoms. The first kappa shape index (κ1) is 19.5. The number of aromatic nitrogens is 1. The fourth-order valence-corrected chi connectivity index (χ4v) is 3.40. The van der Waals surface area contributed by atoms with E-state index in [4.69, 9.17) is 0 Å². The van der Waals surface area contributed by atoms with Gasteiger partial charge in [0.1, 0.15) is 0 Å². The van der Waals surface area contributed by atoms with E-state index in [1.54, 1.807) is 6.92 Å².